The van der Waals surface area contributed by atoms with Crippen LogP contribution in [0, 0.1) is 0 Å². The van der Waals surface area contributed by atoms with Crippen LogP contribution in [-0.4, -0.2) is 59.8 Å². The number of nitrogens with zero attached hydrogens (tertiary/aromatic N) is 1. The first-order valence-corrected chi connectivity index (χ1v) is 8.36. The molecule has 8 nitrogen and oxygen atoms in total. The summed E-state index contributed by atoms with van der Waals surface area (Å²) in [5, 5.41) is 2.62. The number of rotatable bonds is 8. The lowest BCUT2D eigenvalue weighted by atomic mass is 10.2. The van der Waals surface area contributed by atoms with E-state index in [-0.39, 0.29) is 12.2 Å². The van der Waals surface area contributed by atoms with Gasteiger partial charge in [-0.15, -0.1) is 0 Å². The Morgan fingerprint density at radius 1 is 1.09 bits per heavy atom. The number of amides is 1. The third-order valence-electron chi connectivity index (χ3n) is 3.09. The number of sulfonamides is 1. The molecule has 0 saturated carbocycles. The van der Waals surface area contributed by atoms with E-state index in [2.05, 4.69) is 5.32 Å². The number of anilines is 1. The first-order chi connectivity index (χ1) is 10.7. The van der Waals surface area contributed by atoms with E-state index in [0.717, 1.165) is 4.31 Å². The number of hydrogen-bond acceptors (Lipinski definition) is 6. The van der Waals surface area contributed by atoms with Gasteiger partial charge in [-0.05, 0) is 0 Å². The van der Waals surface area contributed by atoms with Gasteiger partial charge in [0, 0.05) is 38.3 Å². The second kappa shape index (κ2) is 8.02. The maximum Gasteiger partial charge on any atom is 0.225 e. The Hall–Kier alpha value is -2.00. The topological polar surface area (TPSA) is 94.2 Å². The molecule has 0 radical (unpaired) electrons. The minimum Gasteiger partial charge on any atom is -0.493 e. The molecule has 0 fully saturated rings. The third-order valence-corrected chi connectivity index (χ3v) is 4.92. The lowest BCUT2D eigenvalue weighted by Gasteiger charge is -2.15. The maximum atomic E-state index is 11.9. The van der Waals surface area contributed by atoms with Gasteiger partial charge < -0.3 is 19.5 Å². The van der Waals surface area contributed by atoms with E-state index in [0.29, 0.717) is 22.9 Å². The molecule has 0 heterocycles. The molecule has 1 aromatic rings. The Labute approximate surface area is 136 Å². The largest absolute Gasteiger partial charge is 0.493 e. The molecule has 1 N–H and O–H groups in total. The molecule has 9 heteroatoms. The normalized spacial score (nSPS) is 11.2. The van der Waals surface area contributed by atoms with Crippen molar-refractivity contribution in [3.8, 4) is 17.2 Å². The molecule has 0 unspecified atom stereocenters. The Morgan fingerprint density at radius 2 is 1.61 bits per heavy atom. The van der Waals surface area contributed by atoms with Crippen molar-refractivity contribution in [2.45, 2.75) is 6.42 Å². The van der Waals surface area contributed by atoms with Gasteiger partial charge >= 0.3 is 0 Å². The fourth-order valence-electron chi connectivity index (χ4n) is 1.78. The van der Waals surface area contributed by atoms with Crippen molar-refractivity contribution < 1.29 is 27.4 Å². The van der Waals surface area contributed by atoms with Crippen molar-refractivity contribution in [2.24, 2.45) is 0 Å². The maximum absolute atomic E-state index is 11.9. The van der Waals surface area contributed by atoms with Gasteiger partial charge in [0.25, 0.3) is 0 Å². The molecular formula is C14H22N2O6S. The molecule has 0 aromatic heterocycles. The van der Waals surface area contributed by atoms with Crippen molar-refractivity contribution in [1.29, 1.82) is 0 Å². The fraction of sp³-hybridized carbons (Fsp3) is 0.500. The summed E-state index contributed by atoms with van der Waals surface area (Å²) >= 11 is 0. The van der Waals surface area contributed by atoms with Crippen LogP contribution in [0.15, 0.2) is 12.1 Å². The smallest absolute Gasteiger partial charge is 0.225 e. The molecular weight excluding hydrogens is 324 g/mol. The van der Waals surface area contributed by atoms with E-state index >= 15 is 0 Å². The van der Waals surface area contributed by atoms with Crippen LogP contribution in [0.3, 0.4) is 0 Å². The zero-order valence-electron chi connectivity index (χ0n) is 13.9. The van der Waals surface area contributed by atoms with Crippen LogP contribution in [0.5, 0.6) is 17.2 Å². The molecule has 23 heavy (non-hydrogen) atoms. The molecule has 1 rings (SSSR count). The monoisotopic (exact) mass is 346 g/mol. The van der Waals surface area contributed by atoms with E-state index in [1.54, 1.807) is 12.1 Å². The number of carbonyl (C=O) groups is 1. The molecule has 0 aliphatic rings. The van der Waals surface area contributed by atoms with Crippen LogP contribution < -0.4 is 19.5 Å². The number of benzene rings is 1. The second-order valence-electron chi connectivity index (χ2n) is 4.81. The molecule has 130 valence electrons. The second-order valence-corrected chi connectivity index (χ2v) is 7.11. The van der Waals surface area contributed by atoms with Crippen LogP contribution in [0.4, 0.5) is 5.69 Å². The summed E-state index contributed by atoms with van der Waals surface area (Å²) in [6.45, 7) is 0. The van der Waals surface area contributed by atoms with Gasteiger partial charge in [0.2, 0.25) is 21.7 Å². The van der Waals surface area contributed by atoms with E-state index in [1.807, 2.05) is 0 Å². The van der Waals surface area contributed by atoms with Gasteiger partial charge in [-0.25, -0.2) is 12.7 Å². The first kappa shape index (κ1) is 19.0. The summed E-state index contributed by atoms with van der Waals surface area (Å²) in [5.41, 5.74) is 0.423. The minimum absolute atomic E-state index is 0.156. The number of methoxy groups -OCH3 is 3. The number of hydrogen-bond donors (Lipinski definition) is 1. The molecule has 1 amide bonds. The molecule has 0 atom stereocenters. The van der Waals surface area contributed by atoms with Crippen LogP contribution in [0.1, 0.15) is 6.42 Å². The highest BCUT2D eigenvalue weighted by molar-refractivity contribution is 7.89. The number of ether oxygens (including phenoxy) is 3. The summed E-state index contributed by atoms with van der Waals surface area (Å²) in [5.74, 6) is 0.495. The zero-order valence-corrected chi connectivity index (χ0v) is 14.7. The summed E-state index contributed by atoms with van der Waals surface area (Å²) < 4.78 is 40.0. The number of nitrogens with one attached hydrogen (secondary N) is 1. The van der Waals surface area contributed by atoms with Crippen LogP contribution >= 0.6 is 0 Å². The van der Waals surface area contributed by atoms with Crippen LogP contribution in [0.25, 0.3) is 0 Å². The van der Waals surface area contributed by atoms with Gasteiger partial charge in [-0.1, -0.05) is 0 Å². The van der Waals surface area contributed by atoms with Gasteiger partial charge in [0.1, 0.15) is 0 Å². The summed E-state index contributed by atoms with van der Waals surface area (Å²) in [7, 11) is 3.83. The Kier molecular flexibility index (Phi) is 6.64. The van der Waals surface area contributed by atoms with Crippen molar-refractivity contribution in [3.05, 3.63) is 12.1 Å². The molecule has 0 aliphatic heterocycles. The summed E-state index contributed by atoms with van der Waals surface area (Å²) in [6, 6.07) is 3.14. The third kappa shape index (κ3) is 5.00. The predicted molar refractivity (Wildman–Crippen MR) is 86.8 cm³/mol. The zero-order chi connectivity index (χ0) is 17.6. The predicted octanol–water partition coefficient (Wildman–Crippen LogP) is 0.932. The van der Waals surface area contributed by atoms with Crippen molar-refractivity contribution >= 4 is 21.6 Å². The van der Waals surface area contributed by atoms with Crippen LogP contribution in [0.2, 0.25) is 0 Å². The van der Waals surface area contributed by atoms with E-state index in [9.17, 15) is 13.2 Å². The molecule has 0 bridgehead atoms. The summed E-state index contributed by atoms with van der Waals surface area (Å²) in [6.07, 6.45) is -0.156. The summed E-state index contributed by atoms with van der Waals surface area (Å²) in [4.78, 5) is 11.9. The Bertz CT molecular complexity index is 632. The fourth-order valence-corrected chi connectivity index (χ4v) is 2.59. The van der Waals surface area contributed by atoms with Crippen LogP contribution in [-0.2, 0) is 14.8 Å². The molecule has 0 aliphatic carbocycles. The first-order valence-electron chi connectivity index (χ1n) is 6.75. The van der Waals surface area contributed by atoms with Gasteiger partial charge in [-0.2, -0.15) is 0 Å². The quantitative estimate of drug-likeness (QED) is 0.753. The minimum atomic E-state index is -3.42. The van der Waals surface area contributed by atoms with Gasteiger partial charge in [0.15, 0.2) is 11.5 Å². The average molecular weight is 346 g/mol. The lowest BCUT2D eigenvalue weighted by molar-refractivity contribution is -0.115. The standard InChI is InChI=1S/C14H22N2O6S/c1-16(2)23(18,19)7-6-13(17)15-10-8-11(20-3)14(22-5)12(9-10)21-4/h8-9H,6-7H2,1-5H3,(H,15,17). The lowest BCUT2D eigenvalue weighted by Crippen LogP contribution is -2.27. The van der Waals surface area contributed by atoms with E-state index < -0.39 is 15.9 Å². The van der Waals surface area contributed by atoms with E-state index in [1.165, 1.54) is 35.4 Å². The van der Waals surface area contributed by atoms with Crippen molar-refractivity contribution in [2.75, 3.05) is 46.5 Å². The molecule has 0 spiro atoms. The Balaban J connectivity index is 2.87. The molecule has 1 aromatic carbocycles. The van der Waals surface area contributed by atoms with Crippen molar-refractivity contribution in [3.63, 3.8) is 0 Å². The average Bonchev–Trinajstić information content (AvgIpc) is 2.51. The highest BCUT2D eigenvalue weighted by Crippen LogP contribution is 2.39. The van der Waals surface area contributed by atoms with Gasteiger partial charge in [-0.3, -0.25) is 4.79 Å². The Morgan fingerprint density at radius 3 is 2.00 bits per heavy atom. The number of carbonyl (C=O) groups excluding carboxylic acids is 1. The highest BCUT2D eigenvalue weighted by atomic mass is 32.2. The SMILES string of the molecule is COc1cc(NC(=O)CCS(=O)(=O)N(C)C)cc(OC)c1OC. The van der Waals surface area contributed by atoms with Crippen molar-refractivity contribution in [1.82, 2.24) is 4.31 Å². The van der Waals surface area contributed by atoms with Gasteiger partial charge in [0.05, 0.1) is 27.1 Å². The van der Waals surface area contributed by atoms with E-state index in [4.69, 9.17) is 14.2 Å². The highest BCUT2D eigenvalue weighted by Gasteiger charge is 2.17. The molecule has 0 saturated heterocycles.